The summed E-state index contributed by atoms with van der Waals surface area (Å²) in [6, 6.07) is 16.6. The minimum absolute atomic E-state index is 0.0116. The minimum atomic E-state index is -1.55. The van der Waals surface area contributed by atoms with Crippen LogP contribution >= 0.6 is 0 Å². The fourth-order valence-electron chi connectivity index (χ4n) is 9.12. The maximum atomic E-state index is 13.5. The number of phenolic OH excluding ortho intramolecular Hbond substituents is 2. The molecule has 3 aromatic carbocycles. The Balaban J connectivity index is 0.822. The standard InChI is InChI=1S/C49H50N8O11/c1-6-30-32-18-29(12-13-37(32)51-42-35(30)22-56-38(42)20-33-36(47(56)63)24-66-48(64)43(33)61)68-49(65)54(5)23-41(60)55-16-14-28(15-17-55)67-27-10-8-26(9-11-27)57-44(52-53-45(57)46(62)50-7-2)34-19-31(25(3)4)39(58)21-40(34)59/h8-13,18-21,25,28,43,58-59,61H,6-7,14-17,22-24H2,1-5H3,(H,50,62). The zero-order valence-electron chi connectivity index (χ0n) is 38.1. The number of pyridine rings is 2. The Hall–Kier alpha value is -7.80. The Kier molecular flexibility index (Phi) is 12.1. The van der Waals surface area contributed by atoms with E-state index >= 15 is 0 Å². The Morgan fingerprint density at radius 2 is 1.68 bits per heavy atom. The van der Waals surface area contributed by atoms with Gasteiger partial charge in [-0.15, -0.1) is 10.2 Å². The van der Waals surface area contributed by atoms with Gasteiger partial charge in [-0.2, -0.15) is 0 Å². The van der Waals surface area contributed by atoms with E-state index < -0.39 is 24.1 Å². The van der Waals surface area contributed by atoms with Crippen LogP contribution in [-0.4, -0.2) is 113 Å². The number of carbonyl (C=O) groups is 4. The molecule has 3 aromatic heterocycles. The van der Waals surface area contributed by atoms with Gasteiger partial charge in [0.1, 0.15) is 42.3 Å². The number of nitrogens with one attached hydrogen (secondary N) is 1. The molecule has 3 amide bonds. The fraction of sp³-hybridized carbons (Fsp3) is 0.347. The maximum Gasteiger partial charge on any atom is 0.415 e. The van der Waals surface area contributed by atoms with Gasteiger partial charge in [-0.05, 0) is 85.0 Å². The van der Waals surface area contributed by atoms with Gasteiger partial charge in [0, 0.05) is 67.8 Å². The lowest BCUT2D eigenvalue weighted by Gasteiger charge is -2.33. The molecule has 19 nitrogen and oxygen atoms in total. The third kappa shape index (κ3) is 8.22. The van der Waals surface area contributed by atoms with E-state index in [-0.39, 0.29) is 83.2 Å². The molecule has 1 unspecified atom stereocenters. The number of cyclic esters (lactones) is 1. The van der Waals surface area contributed by atoms with Gasteiger partial charge in [0.05, 0.1) is 34.6 Å². The molecule has 9 rings (SSSR count). The molecule has 19 heteroatoms. The monoisotopic (exact) mass is 926 g/mol. The van der Waals surface area contributed by atoms with Crippen molar-refractivity contribution < 1.29 is 48.7 Å². The summed E-state index contributed by atoms with van der Waals surface area (Å²) >= 11 is 0. The van der Waals surface area contributed by atoms with Crippen LogP contribution in [-0.2, 0) is 33.9 Å². The average Bonchev–Trinajstić information content (AvgIpc) is 3.92. The van der Waals surface area contributed by atoms with Crippen LogP contribution in [0.4, 0.5) is 4.79 Å². The second kappa shape index (κ2) is 18.1. The largest absolute Gasteiger partial charge is 0.508 e. The van der Waals surface area contributed by atoms with Gasteiger partial charge >= 0.3 is 12.1 Å². The van der Waals surface area contributed by atoms with Gasteiger partial charge in [-0.3, -0.25) is 19.0 Å². The topological polar surface area (TPSA) is 241 Å². The summed E-state index contributed by atoms with van der Waals surface area (Å²) in [5.74, 6) is -0.789. The summed E-state index contributed by atoms with van der Waals surface area (Å²) in [4.78, 5) is 73.2. The van der Waals surface area contributed by atoms with Crippen molar-refractivity contribution in [2.24, 2.45) is 0 Å². The highest BCUT2D eigenvalue weighted by molar-refractivity contribution is 5.93. The van der Waals surface area contributed by atoms with Crippen LogP contribution in [0.5, 0.6) is 23.0 Å². The number of aromatic nitrogens is 5. The first-order chi connectivity index (χ1) is 32.6. The molecule has 4 N–H and O–H groups in total. The number of phenols is 2. The van der Waals surface area contributed by atoms with Crippen LogP contribution in [0, 0.1) is 0 Å². The zero-order valence-corrected chi connectivity index (χ0v) is 38.1. The number of aryl methyl sites for hydroxylation is 1. The lowest BCUT2D eigenvalue weighted by molar-refractivity contribution is -0.157. The molecule has 3 aliphatic rings. The van der Waals surface area contributed by atoms with E-state index in [1.165, 1.54) is 18.0 Å². The third-order valence-electron chi connectivity index (χ3n) is 12.7. The van der Waals surface area contributed by atoms with E-state index in [1.807, 2.05) is 20.8 Å². The Morgan fingerprint density at radius 3 is 2.38 bits per heavy atom. The molecule has 0 aliphatic carbocycles. The zero-order chi connectivity index (χ0) is 48.1. The molecule has 0 saturated carbocycles. The molecule has 6 heterocycles. The lowest BCUT2D eigenvalue weighted by atomic mass is 9.97. The lowest BCUT2D eigenvalue weighted by Crippen LogP contribution is -2.46. The number of piperidine rings is 1. The van der Waals surface area contributed by atoms with Crippen LogP contribution in [0.15, 0.2) is 65.5 Å². The van der Waals surface area contributed by atoms with Crippen molar-refractivity contribution in [2.45, 2.75) is 78.2 Å². The highest BCUT2D eigenvalue weighted by Crippen LogP contribution is 2.40. The van der Waals surface area contributed by atoms with Crippen molar-refractivity contribution in [3.63, 3.8) is 0 Å². The normalized spacial score (nSPS) is 15.4. The summed E-state index contributed by atoms with van der Waals surface area (Å²) in [7, 11) is 1.50. The second-order valence-corrected chi connectivity index (χ2v) is 17.4. The molecule has 0 bridgehead atoms. The van der Waals surface area contributed by atoms with E-state index in [2.05, 4.69) is 15.5 Å². The number of benzene rings is 3. The predicted molar refractivity (Wildman–Crippen MR) is 246 cm³/mol. The highest BCUT2D eigenvalue weighted by atomic mass is 16.6. The van der Waals surface area contributed by atoms with Crippen LogP contribution in [0.25, 0.3) is 39.4 Å². The second-order valence-electron chi connectivity index (χ2n) is 17.4. The molecule has 0 spiro atoms. The third-order valence-corrected chi connectivity index (χ3v) is 12.7. The summed E-state index contributed by atoms with van der Waals surface area (Å²) in [6.07, 6.45) is -0.801. The number of aliphatic hydroxyl groups excluding tert-OH is 1. The van der Waals surface area contributed by atoms with Crippen LogP contribution in [0.1, 0.15) is 91.0 Å². The van der Waals surface area contributed by atoms with Crippen molar-refractivity contribution in [1.29, 1.82) is 0 Å². The van der Waals surface area contributed by atoms with Crippen molar-refractivity contribution in [2.75, 3.05) is 33.2 Å². The average molecular weight is 927 g/mol. The van der Waals surface area contributed by atoms with Gasteiger partial charge in [-0.1, -0.05) is 20.8 Å². The number of fused-ring (bicyclic) bond motifs is 5. The quantitative estimate of drug-likeness (QED) is 0.123. The molecule has 352 valence electrons. The number of amides is 3. The van der Waals surface area contributed by atoms with Crippen LogP contribution < -0.4 is 20.3 Å². The van der Waals surface area contributed by atoms with E-state index in [0.29, 0.717) is 78.4 Å². The smallest absolute Gasteiger partial charge is 0.415 e. The number of likely N-dealkylation sites (N-methyl/N-ethyl adjacent to an activating group) is 1. The molecular formula is C49H50N8O11. The number of aliphatic hydroxyl groups is 1. The molecule has 1 fully saturated rings. The minimum Gasteiger partial charge on any atom is -0.508 e. The first-order valence-corrected chi connectivity index (χ1v) is 22.5. The molecule has 68 heavy (non-hydrogen) atoms. The van der Waals surface area contributed by atoms with E-state index in [0.717, 1.165) is 16.5 Å². The number of likely N-dealkylation sites (tertiary alicyclic amines) is 1. The van der Waals surface area contributed by atoms with Gasteiger partial charge in [0.2, 0.25) is 11.7 Å². The maximum absolute atomic E-state index is 13.5. The summed E-state index contributed by atoms with van der Waals surface area (Å²) in [5, 5.41) is 43.7. The number of rotatable bonds is 11. The summed E-state index contributed by atoms with van der Waals surface area (Å²) in [5.41, 5.74) is 4.95. The Morgan fingerprint density at radius 1 is 0.941 bits per heavy atom. The van der Waals surface area contributed by atoms with E-state index in [1.54, 1.807) is 75.6 Å². The Labute approximate surface area is 389 Å². The number of ether oxygens (including phenoxy) is 3. The number of nitrogens with zero attached hydrogens (tertiary/aromatic N) is 7. The van der Waals surface area contributed by atoms with Gasteiger partial charge in [0.15, 0.2) is 11.9 Å². The number of hydrogen-bond acceptors (Lipinski definition) is 14. The van der Waals surface area contributed by atoms with E-state index in [4.69, 9.17) is 19.2 Å². The predicted octanol–water partition coefficient (Wildman–Crippen LogP) is 5.11. The molecule has 1 atom stereocenters. The fourth-order valence-corrected chi connectivity index (χ4v) is 9.12. The number of esters is 1. The summed E-state index contributed by atoms with van der Waals surface area (Å²) in [6.45, 7) is 8.59. The molecular weight excluding hydrogens is 877 g/mol. The van der Waals surface area contributed by atoms with Crippen molar-refractivity contribution in [3.05, 3.63) is 105 Å². The SMILES string of the molecule is CCNC(=O)c1nnc(-c2cc(C(C)C)c(O)cc2O)n1-c1ccc(OC2CCN(C(=O)CN(C)C(=O)Oc3ccc4nc5c(c(CC)c4c3)Cn3c-5cc4c(c3=O)COC(=O)C4O)CC2)cc1. The number of hydrogen-bond donors (Lipinski definition) is 4. The molecule has 3 aliphatic heterocycles. The molecule has 6 aromatic rings. The van der Waals surface area contributed by atoms with Crippen molar-refractivity contribution in [1.82, 2.24) is 39.4 Å². The van der Waals surface area contributed by atoms with Crippen molar-refractivity contribution >= 4 is 34.8 Å². The number of aromatic hydroxyl groups is 2. The van der Waals surface area contributed by atoms with Gasteiger partial charge < -0.3 is 49.2 Å². The first-order valence-electron chi connectivity index (χ1n) is 22.5. The first kappa shape index (κ1) is 45.4. The van der Waals surface area contributed by atoms with Crippen molar-refractivity contribution in [3.8, 4) is 51.5 Å². The van der Waals surface area contributed by atoms with Crippen LogP contribution in [0.2, 0.25) is 0 Å². The summed E-state index contributed by atoms with van der Waals surface area (Å²) < 4.78 is 20.2. The van der Waals surface area contributed by atoms with E-state index in [9.17, 15) is 39.3 Å². The molecule has 1 saturated heterocycles. The molecule has 0 radical (unpaired) electrons. The Bertz CT molecular complexity index is 3080. The highest BCUT2D eigenvalue weighted by Gasteiger charge is 2.35. The van der Waals surface area contributed by atoms with Crippen LogP contribution in [0.3, 0.4) is 0 Å². The van der Waals surface area contributed by atoms with Gasteiger partial charge in [0.25, 0.3) is 11.5 Å². The number of carbonyl (C=O) groups excluding carboxylic acids is 4. The van der Waals surface area contributed by atoms with Gasteiger partial charge in [-0.25, -0.2) is 14.6 Å².